The van der Waals surface area contributed by atoms with Crippen molar-refractivity contribution in [2.24, 2.45) is 0 Å². The van der Waals surface area contributed by atoms with Gasteiger partial charge in [-0.15, -0.1) is 5.10 Å². The number of aryl methyl sites for hydroxylation is 3. The lowest BCUT2D eigenvalue weighted by Gasteiger charge is -2.10. The van der Waals surface area contributed by atoms with Gasteiger partial charge in [-0.1, -0.05) is 17.7 Å². The van der Waals surface area contributed by atoms with E-state index >= 15 is 0 Å². The number of esters is 1. The number of carbonyl (C=O) groups is 2. The number of hydrogen-bond acceptors (Lipinski definition) is 7. The number of nitrogen functional groups attached to an aromatic ring is 1. The summed E-state index contributed by atoms with van der Waals surface area (Å²) in [6.45, 7) is 5.18. The number of amides is 1. The fourth-order valence-electron chi connectivity index (χ4n) is 2.90. The van der Waals surface area contributed by atoms with Crippen LogP contribution in [0.5, 0.6) is 0 Å². The second-order valence-electron chi connectivity index (χ2n) is 6.62. The highest BCUT2D eigenvalue weighted by Gasteiger charge is 2.15. The van der Waals surface area contributed by atoms with Crippen molar-refractivity contribution in [1.29, 1.82) is 0 Å². The van der Waals surface area contributed by atoms with E-state index in [0.717, 1.165) is 22.5 Å². The molecule has 152 valence electrons. The van der Waals surface area contributed by atoms with E-state index in [1.165, 1.54) is 0 Å². The predicted octanol–water partition coefficient (Wildman–Crippen LogP) is 2.40. The lowest BCUT2D eigenvalue weighted by molar-refractivity contribution is -0.147. The molecule has 0 aliphatic carbocycles. The normalized spacial score (nSPS) is 10.9. The first-order valence-electron chi connectivity index (χ1n) is 8.94. The summed E-state index contributed by atoms with van der Waals surface area (Å²) in [6, 6.07) is 5.16. The van der Waals surface area contributed by atoms with Crippen LogP contribution in [-0.4, -0.2) is 38.1 Å². The van der Waals surface area contributed by atoms with Crippen LogP contribution in [0.25, 0.3) is 5.78 Å². The molecule has 0 unspecified atom stereocenters. The van der Waals surface area contributed by atoms with Crippen LogP contribution < -0.4 is 11.1 Å². The van der Waals surface area contributed by atoms with Crippen molar-refractivity contribution in [3.8, 4) is 0 Å². The van der Waals surface area contributed by atoms with Crippen molar-refractivity contribution < 1.29 is 14.3 Å². The van der Waals surface area contributed by atoms with Gasteiger partial charge in [0, 0.05) is 28.5 Å². The Morgan fingerprint density at radius 3 is 2.72 bits per heavy atom. The standard InChI is InChI=1S/C19H21ClN6O3/c1-10-4-5-13(8-15(10)20)23-16(27)9-29-17(28)7-6-14-11(2)22-19-24-18(21)25-26(19)12(14)3/h4-5,8H,6-7,9H2,1-3H3,(H2,21,25)(H,23,27). The zero-order valence-corrected chi connectivity index (χ0v) is 17.1. The summed E-state index contributed by atoms with van der Waals surface area (Å²) >= 11 is 6.03. The maximum Gasteiger partial charge on any atom is 0.306 e. The average Bonchev–Trinajstić information content (AvgIpc) is 3.03. The number of ether oxygens (including phenoxy) is 1. The van der Waals surface area contributed by atoms with Crippen LogP contribution in [0.1, 0.15) is 28.9 Å². The highest BCUT2D eigenvalue weighted by molar-refractivity contribution is 6.31. The highest BCUT2D eigenvalue weighted by Crippen LogP contribution is 2.20. The zero-order valence-electron chi connectivity index (χ0n) is 16.3. The quantitative estimate of drug-likeness (QED) is 0.591. The van der Waals surface area contributed by atoms with Gasteiger partial charge in [0.05, 0.1) is 0 Å². The Hall–Kier alpha value is -3.20. The van der Waals surface area contributed by atoms with E-state index in [-0.39, 0.29) is 19.0 Å². The van der Waals surface area contributed by atoms with Gasteiger partial charge >= 0.3 is 5.97 Å². The number of fused-ring (bicyclic) bond motifs is 1. The van der Waals surface area contributed by atoms with Crippen LogP contribution in [-0.2, 0) is 20.7 Å². The molecule has 0 fully saturated rings. The summed E-state index contributed by atoms with van der Waals surface area (Å²) < 4.78 is 6.61. The fraction of sp³-hybridized carbons (Fsp3) is 0.316. The monoisotopic (exact) mass is 416 g/mol. The van der Waals surface area contributed by atoms with Crippen molar-refractivity contribution in [2.75, 3.05) is 17.7 Å². The van der Waals surface area contributed by atoms with E-state index in [0.29, 0.717) is 22.9 Å². The minimum Gasteiger partial charge on any atom is -0.456 e. The molecular formula is C19H21ClN6O3. The van der Waals surface area contributed by atoms with E-state index in [2.05, 4.69) is 20.4 Å². The smallest absolute Gasteiger partial charge is 0.306 e. The number of halogens is 1. The molecule has 0 spiro atoms. The Morgan fingerprint density at radius 2 is 2.00 bits per heavy atom. The Kier molecular flexibility index (Phi) is 5.97. The summed E-state index contributed by atoms with van der Waals surface area (Å²) in [6.07, 6.45) is 0.497. The summed E-state index contributed by atoms with van der Waals surface area (Å²) in [7, 11) is 0. The number of anilines is 2. The number of carbonyl (C=O) groups excluding carboxylic acids is 2. The van der Waals surface area contributed by atoms with Crippen molar-refractivity contribution in [3.63, 3.8) is 0 Å². The van der Waals surface area contributed by atoms with Gasteiger partial charge in [0.1, 0.15) is 0 Å². The summed E-state index contributed by atoms with van der Waals surface area (Å²) in [5, 5.41) is 7.28. The molecule has 0 radical (unpaired) electrons. The van der Waals surface area contributed by atoms with E-state index in [9.17, 15) is 9.59 Å². The summed E-state index contributed by atoms with van der Waals surface area (Å²) in [4.78, 5) is 32.4. The van der Waals surface area contributed by atoms with E-state index in [1.807, 2.05) is 20.8 Å². The molecule has 2 aromatic heterocycles. The molecule has 0 saturated heterocycles. The van der Waals surface area contributed by atoms with E-state index in [1.54, 1.807) is 22.7 Å². The van der Waals surface area contributed by atoms with Gasteiger partial charge in [0.2, 0.25) is 5.95 Å². The number of nitrogens with zero attached hydrogens (tertiary/aromatic N) is 4. The van der Waals surface area contributed by atoms with Crippen molar-refractivity contribution in [1.82, 2.24) is 19.6 Å². The first-order valence-corrected chi connectivity index (χ1v) is 9.32. The molecule has 0 saturated carbocycles. The Balaban J connectivity index is 1.54. The van der Waals surface area contributed by atoms with Crippen LogP contribution in [0.2, 0.25) is 5.02 Å². The molecule has 0 aliphatic heterocycles. The average molecular weight is 417 g/mol. The maximum atomic E-state index is 12.1. The second-order valence-corrected chi connectivity index (χ2v) is 7.02. The maximum absolute atomic E-state index is 12.1. The molecule has 2 heterocycles. The van der Waals surface area contributed by atoms with Gasteiger partial charge in [0.15, 0.2) is 6.61 Å². The molecular weight excluding hydrogens is 396 g/mol. The number of hydrogen-bond donors (Lipinski definition) is 2. The van der Waals surface area contributed by atoms with Gasteiger partial charge < -0.3 is 15.8 Å². The largest absolute Gasteiger partial charge is 0.456 e. The van der Waals surface area contributed by atoms with Gasteiger partial charge in [-0.2, -0.15) is 9.50 Å². The summed E-state index contributed by atoms with van der Waals surface area (Å²) in [5.74, 6) is -0.375. The lowest BCUT2D eigenvalue weighted by Crippen LogP contribution is -2.21. The van der Waals surface area contributed by atoms with Gasteiger partial charge in [-0.05, 0) is 50.5 Å². The van der Waals surface area contributed by atoms with Crippen molar-refractivity contribution in [3.05, 3.63) is 45.7 Å². The van der Waals surface area contributed by atoms with Crippen LogP contribution in [0.15, 0.2) is 18.2 Å². The zero-order chi connectivity index (χ0) is 21.1. The second kappa shape index (κ2) is 8.44. The number of nitrogens with one attached hydrogen (secondary N) is 1. The topological polar surface area (TPSA) is 124 Å². The first-order chi connectivity index (χ1) is 13.7. The molecule has 10 heteroatoms. The third-order valence-electron chi connectivity index (χ3n) is 4.46. The third kappa shape index (κ3) is 4.80. The van der Waals surface area contributed by atoms with Crippen LogP contribution in [0, 0.1) is 20.8 Å². The van der Waals surface area contributed by atoms with Gasteiger partial charge in [0.25, 0.3) is 11.7 Å². The minimum atomic E-state index is -0.487. The molecule has 0 aliphatic rings. The fourth-order valence-corrected chi connectivity index (χ4v) is 3.08. The molecule has 9 nitrogen and oxygen atoms in total. The molecule has 29 heavy (non-hydrogen) atoms. The van der Waals surface area contributed by atoms with Crippen LogP contribution >= 0.6 is 11.6 Å². The lowest BCUT2D eigenvalue weighted by atomic mass is 10.1. The van der Waals surface area contributed by atoms with Gasteiger partial charge in [-0.3, -0.25) is 9.59 Å². The third-order valence-corrected chi connectivity index (χ3v) is 4.87. The Morgan fingerprint density at radius 1 is 1.24 bits per heavy atom. The number of benzene rings is 1. The van der Waals surface area contributed by atoms with Crippen LogP contribution in [0.3, 0.4) is 0 Å². The molecule has 0 atom stereocenters. The SMILES string of the molecule is Cc1ccc(NC(=O)COC(=O)CCc2c(C)nc3nc(N)nn3c2C)cc1Cl. The number of aromatic nitrogens is 4. The highest BCUT2D eigenvalue weighted by atomic mass is 35.5. The molecule has 1 amide bonds. The van der Waals surface area contributed by atoms with Crippen LogP contribution in [0.4, 0.5) is 11.6 Å². The van der Waals surface area contributed by atoms with Gasteiger partial charge in [-0.25, -0.2) is 4.98 Å². The molecule has 3 aromatic rings. The summed E-state index contributed by atoms with van der Waals surface area (Å²) in [5.41, 5.74) is 9.47. The molecule has 1 aromatic carbocycles. The molecule has 0 bridgehead atoms. The Labute approximate surface area is 172 Å². The first kappa shape index (κ1) is 20.5. The van der Waals surface area contributed by atoms with Crippen molar-refractivity contribution in [2.45, 2.75) is 33.6 Å². The predicted molar refractivity (Wildman–Crippen MR) is 109 cm³/mol. The molecule has 3 rings (SSSR count). The minimum absolute atomic E-state index is 0.0999. The number of nitrogens with two attached hydrogens (primary N) is 1. The molecule has 3 N–H and O–H groups in total. The Bertz CT molecular complexity index is 1100. The van der Waals surface area contributed by atoms with Crippen molar-refractivity contribution >= 4 is 40.9 Å². The number of rotatable bonds is 6. The van der Waals surface area contributed by atoms with E-state index in [4.69, 9.17) is 22.1 Å². The van der Waals surface area contributed by atoms with E-state index < -0.39 is 11.9 Å².